The summed E-state index contributed by atoms with van der Waals surface area (Å²) in [6.07, 6.45) is -1.71. The molecule has 2 fully saturated rings. The van der Waals surface area contributed by atoms with Gasteiger partial charge < -0.3 is 28.1 Å². The Labute approximate surface area is 226 Å². The summed E-state index contributed by atoms with van der Waals surface area (Å²) in [4.78, 5) is 0. The van der Waals surface area contributed by atoms with Gasteiger partial charge in [0.25, 0.3) is 8.32 Å². The van der Waals surface area contributed by atoms with E-state index in [9.17, 15) is 0 Å². The van der Waals surface area contributed by atoms with E-state index >= 15 is 0 Å². The van der Waals surface area contributed by atoms with Crippen molar-refractivity contribution in [3.63, 3.8) is 0 Å². The van der Waals surface area contributed by atoms with Crippen LogP contribution in [0.2, 0.25) is 5.04 Å². The van der Waals surface area contributed by atoms with Gasteiger partial charge in [0, 0.05) is 0 Å². The minimum absolute atomic E-state index is 0.0702. The van der Waals surface area contributed by atoms with E-state index in [0.29, 0.717) is 6.61 Å². The summed E-state index contributed by atoms with van der Waals surface area (Å²) in [7, 11) is -2.74. The third-order valence-electron chi connectivity index (χ3n) is 7.20. The predicted octanol–water partition coefficient (Wildman–Crippen LogP) is 4.86. The zero-order valence-corrected chi connectivity index (χ0v) is 23.8. The smallest absolute Gasteiger partial charge is 0.261 e. The number of fused-ring (bicyclic) bond motifs is 1. The highest BCUT2D eigenvalue weighted by Crippen LogP contribution is 2.41. The first kappa shape index (κ1) is 27.1. The lowest BCUT2D eigenvalue weighted by Crippen LogP contribution is -2.67. The SMILES string of the molecule is CC1(C)O[C@@H]2O[C@H](CO[Si](c3ccccc3)(c3ccccc3)C(C)(C)C)C(OCOc3ccccc3)[C@@H]2O1. The highest BCUT2D eigenvalue weighted by atomic mass is 28.4. The fraction of sp³-hybridized carbons (Fsp3) is 0.419. The lowest BCUT2D eigenvalue weighted by Gasteiger charge is -2.43. The minimum Gasteiger partial charge on any atom is -0.468 e. The summed E-state index contributed by atoms with van der Waals surface area (Å²) >= 11 is 0. The van der Waals surface area contributed by atoms with Gasteiger partial charge in [-0.15, -0.1) is 0 Å². The lowest BCUT2D eigenvalue weighted by atomic mass is 10.1. The Balaban J connectivity index is 1.41. The molecule has 1 unspecified atom stereocenters. The molecule has 0 amide bonds. The van der Waals surface area contributed by atoms with E-state index in [-0.39, 0.29) is 24.0 Å². The molecule has 3 aromatic rings. The summed E-state index contributed by atoms with van der Waals surface area (Å²) in [5.74, 6) is -0.00637. The average molecular weight is 535 g/mol. The van der Waals surface area contributed by atoms with E-state index in [0.717, 1.165) is 5.75 Å². The van der Waals surface area contributed by atoms with Gasteiger partial charge in [-0.25, -0.2) is 0 Å². The summed E-state index contributed by atoms with van der Waals surface area (Å²) in [5, 5.41) is 2.29. The third-order valence-corrected chi connectivity index (χ3v) is 12.2. The Hall–Kier alpha value is -2.52. The molecule has 0 spiro atoms. The zero-order valence-electron chi connectivity index (χ0n) is 22.8. The number of hydrogen-bond acceptors (Lipinski definition) is 6. The molecule has 0 bridgehead atoms. The van der Waals surface area contributed by atoms with Gasteiger partial charge >= 0.3 is 0 Å². The maximum Gasteiger partial charge on any atom is 0.261 e. The van der Waals surface area contributed by atoms with Crippen LogP contribution in [0.25, 0.3) is 0 Å². The van der Waals surface area contributed by atoms with Gasteiger partial charge in [-0.05, 0) is 41.4 Å². The van der Waals surface area contributed by atoms with Crippen molar-refractivity contribution in [3.05, 3.63) is 91.0 Å². The monoisotopic (exact) mass is 534 g/mol. The summed E-state index contributed by atoms with van der Waals surface area (Å²) < 4.78 is 37.9. The Kier molecular flexibility index (Phi) is 7.78. The molecule has 202 valence electrons. The molecule has 2 heterocycles. The Morgan fingerprint density at radius 3 is 1.89 bits per heavy atom. The molecule has 0 N–H and O–H groups in total. The zero-order chi connectivity index (χ0) is 26.8. The first-order chi connectivity index (χ1) is 18.2. The Bertz CT molecular complexity index is 1130. The quantitative estimate of drug-likeness (QED) is 0.289. The van der Waals surface area contributed by atoms with Crippen LogP contribution in [0.3, 0.4) is 0 Å². The lowest BCUT2D eigenvalue weighted by molar-refractivity contribution is -0.225. The van der Waals surface area contributed by atoms with Crippen LogP contribution in [-0.4, -0.2) is 52.1 Å². The van der Waals surface area contributed by atoms with Crippen molar-refractivity contribution in [3.8, 4) is 5.75 Å². The first-order valence-electron chi connectivity index (χ1n) is 13.3. The Morgan fingerprint density at radius 2 is 1.34 bits per heavy atom. The third kappa shape index (κ3) is 5.45. The van der Waals surface area contributed by atoms with Gasteiger partial charge in [0.2, 0.25) is 0 Å². The van der Waals surface area contributed by atoms with Gasteiger partial charge in [-0.1, -0.05) is 99.6 Å². The van der Waals surface area contributed by atoms with Crippen molar-refractivity contribution in [2.45, 2.75) is 70.0 Å². The van der Waals surface area contributed by atoms with Crippen LogP contribution in [0.5, 0.6) is 5.75 Å². The molecule has 7 heteroatoms. The van der Waals surface area contributed by atoms with E-state index in [1.54, 1.807) is 0 Å². The molecule has 38 heavy (non-hydrogen) atoms. The molecule has 2 aliphatic rings. The van der Waals surface area contributed by atoms with Crippen LogP contribution in [0, 0.1) is 0 Å². The second kappa shape index (κ2) is 10.9. The molecule has 0 radical (unpaired) electrons. The molecular formula is C31H38O6Si. The van der Waals surface area contributed by atoms with E-state index in [4.69, 9.17) is 28.1 Å². The van der Waals surface area contributed by atoms with Crippen LogP contribution < -0.4 is 15.1 Å². The van der Waals surface area contributed by atoms with Crippen molar-refractivity contribution in [2.75, 3.05) is 13.4 Å². The number of para-hydroxylation sites is 1. The minimum atomic E-state index is -2.74. The van der Waals surface area contributed by atoms with Crippen LogP contribution in [0.15, 0.2) is 91.0 Å². The topological polar surface area (TPSA) is 55.4 Å². The van der Waals surface area contributed by atoms with Gasteiger partial charge in [0.15, 0.2) is 18.9 Å². The van der Waals surface area contributed by atoms with E-state index in [2.05, 4.69) is 69.3 Å². The van der Waals surface area contributed by atoms with E-state index in [1.807, 2.05) is 56.3 Å². The van der Waals surface area contributed by atoms with Crippen molar-refractivity contribution < 1.29 is 28.1 Å². The maximum absolute atomic E-state index is 7.14. The largest absolute Gasteiger partial charge is 0.468 e. The standard InChI is InChI=1S/C31H38O6Si/c1-30(2,3)38(24-17-11-7-12-18-24,25-19-13-8-14-20-25)34-21-26-27(28-29(35-26)37-31(4,5)36-28)33-22-32-23-15-9-6-10-16-23/h6-20,26-29H,21-22H2,1-5H3/t26-,27?,28+,29+/m1/s1. The molecule has 5 rings (SSSR count). The van der Waals surface area contributed by atoms with Crippen molar-refractivity contribution >= 4 is 18.7 Å². The predicted molar refractivity (Wildman–Crippen MR) is 149 cm³/mol. The normalized spacial score (nSPS) is 24.8. The van der Waals surface area contributed by atoms with Crippen molar-refractivity contribution in [1.82, 2.24) is 0 Å². The summed E-state index contributed by atoms with van der Waals surface area (Å²) in [6, 6.07) is 30.8. The summed E-state index contributed by atoms with van der Waals surface area (Å²) in [6.45, 7) is 11.0. The molecule has 6 nitrogen and oxygen atoms in total. The van der Waals surface area contributed by atoms with Crippen LogP contribution >= 0.6 is 0 Å². The molecule has 0 aliphatic carbocycles. The molecule has 0 aromatic heterocycles. The van der Waals surface area contributed by atoms with Gasteiger partial charge in [-0.2, -0.15) is 0 Å². The van der Waals surface area contributed by atoms with Gasteiger partial charge in [0.05, 0.1) is 6.61 Å². The van der Waals surface area contributed by atoms with Gasteiger partial charge in [0.1, 0.15) is 24.1 Å². The summed E-state index contributed by atoms with van der Waals surface area (Å²) in [5.41, 5.74) is 0. The molecule has 3 aromatic carbocycles. The van der Waals surface area contributed by atoms with Crippen LogP contribution in [0.1, 0.15) is 34.6 Å². The first-order valence-corrected chi connectivity index (χ1v) is 15.2. The maximum atomic E-state index is 7.14. The van der Waals surface area contributed by atoms with Gasteiger partial charge in [-0.3, -0.25) is 0 Å². The number of ether oxygens (including phenoxy) is 5. The molecule has 2 aliphatic heterocycles. The van der Waals surface area contributed by atoms with E-state index in [1.165, 1.54) is 10.4 Å². The fourth-order valence-electron chi connectivity index (χ4n) is 5.55. The van der Waals surface area contributed by atoms with Crippen molar-refractivity contribution in [2.24, 2.45) is 0 Å². The average Bonchev–Trinajstić information content (AvgIpc) is 3.37. The highest BCUT2D eigenvalue weighted by molar-refractivity contribution is 6.99. The highest BCUT2D eigenvalue weighted by Gasteiger charge is 2.57. The second-order valence-electron chi connectivity index (χ2n) is 11.3. The van der Waals surface area contributed by atoms with Crippen LogP contribution in [0.4, 0.5) is 0 Å². The fourth-order valence-corrected chi connectivity index (χ4v) is 10.1. The molecule has 0 saturated carbocycles. The van der Waals surface area contributed by atoms with Crippen molar-refractivity contribution in [1.29, 1.82) is 0 Å². The van der Waals surface area contributed by atoms with Crippen LogP contribution in [-0.2, 0) is 23.4 Å². The molecule has 2 saturated heterocycles. The second-order valence-corrected chi connectivity index (χ2v) is 15.6. The number of benzene rings is 3. The molecular weight excluding hydrogens is 496 g/mol. The molecule has 4 atom stereocenters. The number of rotatable bonds is 9. The van der Waals surface area contributed by atoms with E-state index < -0.39 is 26.5 Å². The Morgan fingerprint density at radius 1 is 0.789 bits per heavy atom. The number of hydrogen-bond donors (Lipinski definition) is 0.